The predicted molar refractivity (Wildman–Crippen MR) is 247 cm³/mol. The number of hydrogen-bond donors (Lipinski definition) is 0. The van der Waals surface area contributed by atoms with Gasteiger partial charge in [-0.1, -0.05) is 171 Å². The van der Waals surface area contributed by atoms with E-state index in [0.29, 0.717) is 5.92 Å². The van der Waals surface area contributed by atoms with E-state index in [1.54, 1.807) is 0 Å². The first-order chi connectivity index (χ1) is 28.8. The van der Waals surface area contributed by atoms with Crippen molar-refractivity contribution in [2.75, 3.05) is 4.90 Å². The number of benzene rings is 9. The van der Waals surface area contributed by atoms with Crippen molar-refractivity contribution in [1.82, 2.24) is 4.57 Å². The summed E-state index contributed by atoms with van der Waals surface area (Å²) in [6.07, 6.45) is 6.48. The second kappa shape index (κ2) is 14.6. The predicted octanol–water partition coefficient (Wildman–Crippen LogP) is 15.9. The van der Waals surface area contributed by atoms with Gasteiger partial charge in [0.1, 0.15) is 0 Å². The van der Waals surface area contributed by atoms with Crippen molar-refractivity contribution in [3.63, 3.8) is 0 Å². The molecule has 0 amide bonds. The molecule has 0 unspecified atom stereocenters. The Balaban J connectivity index is 1.17. The average molecular weight is 745 g/mol. The quantitative estimate of drug-likeness (QED) is 0.158. The van der Waals surface area contributed by atoms with Crippen LogP contribution >= 0.6 is 0 Å². The van der Waals surface area contributed by atoms with Gasteiger partial charge in [0.25, 0.3) is 0 Å². The Bertz CT molecular complexity index is 3080. The molecule has 278 valence electrons. The highest BCUT2D eigenvalue weighted by Crippen LogP contribution is 2.49. The maximum atomic E-state index is 2.52. The summed E-state index contributed by atoms with van der Waals surface area (Å²) in [6, 6.07) is 74.0. The Morgan fingerprint density at radius 1 is 0.397 bits per heavy atom. The number of anilines is 3. The van der Waals surface area contributed by atoms with Crippen LogP contribution < -0.4 is 4.90 Å². The second-order valence-electron chi connectivity index (χ2n) is 15.9. The number of para-hydroxylation sites is 3. The zero-order chi connectivity index (χ0) is 38.4. The van der Waals surface area contributed by atoms with Crippen LogP contribution in [0.2, 0.25) is 0 Å². The van der Waals surface area contributed by atoms with E-state index in [9.17, 15) is 0 Å². The number of hydrogen-bond acceptors (Lipinski definition) is 1. The van der Waals surface area contributed by atoms with Gasteiger partial charge in [0.15, 0.2) is 0 Å². The van der Waals surface area contributed by atoms with Crippen LogP contribution in [0, 0.1) is 0 Å². The van der Waals surface area contributed by atoms with Gasteiger partial charge in [-0.05, 0) is 111 Å². The van der Waals surface area contributed by atoms with Gasteiger partial charge in [-0.15, -0.1) is 0 Å². The van der Waals surface area contributed by atoms with Crippen molar-refractivity contribution in [2.24, 2.45) is 0 Å². The molecule has 0 atom stereocenters. The first-order valence-electron chi connectivity index (χ1n) is 20.9. The number of nitrogens with zero attached hydrogens (tertiary/aromatic N) is 2. The number of aromatic nitrogens is 1. The average Bonchev–Trinajstić information content (AvgIpc) is 3.65. The van der Waals surface area contributed by atoms with Crippen LogP contribution in [0.1, 0.15) is 43.6 Å². The summed E-state index contributed by atoms with van der Waals surface area (Å²) >= 11 is 0. The zero-order valence-corrected chi connectivity index (χ0v) is 32.6. The lowest BCUT2D eigenvalue weighted by Gasteiger charge is -2.30. The van der Waals surface area contributed by atoms with E-state index in [-0.39, 0.29) is 0 Å². The van der Waals surface area contributed by atoms with Crippen molar-refractivity contribution in [1.29, 1.82) is 0 Å². The molecule has 58 heavy (non-hydrogen) atoms. The summed E-state index contributed by atoms with van der Waals surface area (Å²) in [4.78, 5) is 2.52. The van der Waals surface area contributed by atoms with Crippen LogP contribution in [0.25, 0.3) is 71.3 Å². The normalized spacial score (nSPS) is 13.4. The SMILES string of the molecule is c1ccc(-n2c3ccccc3c3c(N(c4ccc(-c5cccc6ccccc56)cc4)c4ccccc4-c4cccc5cccc(C6CCCCC6)c45)cccc32)cc1. The van der Waals surface area contributed by atoms with Crippen molar-refractivity contribution in [3.05, 3.63) is 206 Å². The van der Waals surface area contributed by atoms with E-state index < -0.39 is 0 Å². The van der Waals surface area contributed by atoms with E-state index in [4.69, 9.17) is 0 Å². The first kappa shape index (κ1) is 34.4. The molecule has 11 rings (SSSR count). The van der Waals surface area contributed by atoms with Crippen molar-refractivity contribution >= 4 is 60.4 Å². The van der Waals surface area contributed by atoms with Crippen LogP contribution in [-0.2, 0) is 0 Å². The molecule has 1 aromatic heterocycles. The summed E-state index contributed by atoms with van der Waals surface area (Å²) in [6.45, 7) is 0. The number of rotatable bonds is 7. The molecule has 0 N–H and O–H groups in total. The monoisotopic (exact) mass is 744 g/mol. The molecule has 0 spiro atoms. The Labute approximate surface area is 340 Å². The minimum absolute atomic E-state index is 0.585. The van der Waals surface area contributed by atoms with Gasteiger partial charge in [-0.25, -0.2) is 0 Å². The lowest BCUT2D eigenvalue weighted by molar-refractivity contribution is 0.445. The molecule has 1 aliphatic rings. The van der Waals surface area contributed by atoms with E-state index in [0.717, 1.165) is 22.7 Å². The molecular formula is C56H44N2. The van der Waals surface area contributed by atoms with Gasteiger partial charge >= 0.3 is 0 Å². The van der Waals surface area contributed by atoms with Gasteiger partial charge in [-0.3, -0.25) is 0 Å². The molecule has 2 heteroatoms. The Morgan fingerprint density at radius 2 is 1.00 bits per heavy atom. The van der Waals surface area contributed by atoms with E-state index in [2.05, 4.69) is 210 Å². The molecular weight excluding hydrogens is 701 g/mol. The van der Waals surface area contributed by atoms with Crippen molar-refractivity contribution in [3.8, 4) is 27.9 Å². The lowest BCUT2D eigenvalue weighted by atomic mass is 9.80. The third kappa shape index (κ3) is 5.79. The molecule has 9 aromatic carbocycles. The molecule has 1 saturated carbocycles. The zero-order valence-electron chi connectivity index (χ0n) is 32.6. The van der Waals surface area contributed by atoms with Crippen LogP contribution in [0.5, 0.6) is 0 Å². The van der Waals surface area contributed by atoms with Gasteiger partial charge in [-0.2, -0.15) is 0 Å². The van der Waals surface area contributed by atoms with E-state index >= 15 is 0 Å². The molecule has 0 bridgehead atoms. The summed E-state index contributed by atoms with van der Waals surface area (Å²) in [7, 11) is 0. The highest BCUT2D eigenvalue weighted by atomic mass is 15.2. The molecule has 0 radical (unpaired) electrons. The Hall–Kier alpha value is -6.90. The van der Waals surface area contributed by atoms with Gasteiger partial charge in [0, 0.05) is 27.7 Å². The summed E-state index contributed by atoms with van der Waals surface area (Å²) in [5.41, 5.74) is 13.5. The minimum atomic E-state index is 0.585. The fourth-order valence-corrected chi connectivity index (χ4v) is 9.96. The van der Waals surface area contributed by atoms with Crippen molar-refractivity contribution in [2.45, 2.75) is 38.0 Å². The standard InChI is InChI=1S/C56H44N2/c1-3-17-40(18-4-1)47-29-14-21-42-22-15-30-49(55(42)47)48-26-9-11-31-51(48)58(44-37-35-41(36-38-44)46-28-13-20-39-19-7-8-25-45(39)46)54-34-16-33-53-56(54)50-27-10-12-32-52(50)57(53)43-23-5-2-6-24-43/h2,5-16,19-38,40H,1,3-4,17-18H2. The Morgan fingerprint density at radius 3 is 1.84 bits per heavy atom. The molecule has 2 nitrogen and oxygen atoms in total. The second-order valence-corrected chi connectivity index (χ2v) is 15.9. The topological polar surface area (TPSA) is 8.17 Å². The first-order valence-corrected chi connectivity index (χ1v) is 20.9. The highest BCUT2D eigenvalue weighted by molar-refractivity contribution is 6.17. The van der Waals surface area contributed by atoms with E-state index in [1.165, 1.54) is 103 Å². The molecule has 1 aliphatic carbocycles. The van der Waals surface area contributed by atoms with Gasteiger partial charge in [0.2, 0.25) is 0 Å². The van der Waals surface area contributed by atoms with Crippen LogP contribution in [0.15, 0.2) is 200 Å². The van der Waals surface area contributed by atoms with Gasteiger partial charge in [0.05, 0.1) is 22.4 Å². The maximum absolute atomic E-state index is 2.52. The third-order valence-corrected chi connectivity index (χ3v) is 12.6. The van der Waals surface area contributed by atoms with Crippen LogP contribution in [0.4, 0.5) is 17.1 Å². The highest BCUT2D eigenvalue weighted by Gasteiger charge is 2.25. The molecule has 10 aromatic rings. The smallest absolute Gasteiger partial charge is 0.0562 e. The number of fused-ring (bicyclic) bond motifs is 5. The molecule has 1 heterocycles. The minimum Gasteiger partial charge on any atom is -0.309 e. The fraction of sp³-hybridized carbons (Fsp3) is 0.107. The van der Waals surface area contributed by atoms with Crippen LogP contribution in [0.3, 0.4) is 0 Å². The van der Waals surface area contributed by atoms with Crippen molar-refractivity contribution < 1.29 is 0 Å². The summed E-state index contributed by atoms with van der Waals surface area (Å²) in [5.74, 6) is 0.585. The van der Waals surface area contributed by atoms with E-state index in [1.807, 2.05) is 0 Å². The molecule has 1 fully saturated rings. The summed E-state index contributed by atoms with van der Waals surface area (Å²) in [5, 5.41) is 7.70. The Kier molecular flexibility index (Phi) is 8.62. The lowest BCUT2D eigenvalue weighted by Crippen LogP contribution is -2.12. The van der Waals surface area contributed by atoms with Crippen LogP contribution in [-0.4, -0.2) is 4.57 Å². The fourth-order valence-electron chi connectivity index (χ4n) is 9.96. The molecule has 0 aliphatic heterocycles. The maximum Gasteiger partial charge on any atom is 0.0562 e. The third-order valence-electron chi connectivity index (χ3n) is 12.6. The molecule has 0 saturated heterocycles. The summed E-state index contributed by atoms with van der Waals surface area (Å²) < 4.78 is 2.42. The largest absolute Gasteiger partial charge is 0.309 e. The van der Waals surface area contributed by atoms with Gasteiger partial charge < -0.3 is 9.47 Å².